The number of benzene rings is 2. The SMILES string of the molecule is COc1cc(N2CCC(N3CCNCC3)CC2)c(-c2cnn(C)c2)cc1Nc1ncc(Cl)c(Nc2ccccc2P(C)(C)=O)n1. The van der Waals surface area contributed by atoms with E-state index in [1.807, 2.05) is 48.4 Å². The Morgan fingerprint density at radius 1 is 1.02 bits per heavy atom. The molecule has 2 aromatic heterocycles. The molecule has 2 aliphatic rings. The molecular weight excluding hydrogens is 609 g/mol. The van der Waals surface area contributed by atoms with Crippen LogP contribution in [0.25, 0.3) is 11.1 Å². The maximum atomic E-state index is 12.9. The molecule has 0 amide bonds. The molecule has 0 bridgehead atoms. The van der Waals surface area contributed by atoms with Crippen LogP contribution < -0.4 is 30.9 Å². The number of rotatable bonds is 9. The molecule has 2 aliphatic heterocycles. The summed E-state index contributed by atoms with van der Waals surface area (Å²) in [6, 6.07) is 12.3. The fraction of sp³-hybridized carbons (Fsp3) is 0.406. The number of hydrogen-bond donors (Lipinski definition) is 3. The minimum atomic E-state index is -2.54. The fourth-order valence-electron chi connectivity index (χ4n) is 6.22. The van der Waals surface area contributed by atoms with E-state index in [1.165, 1.54) is 0 Å². The van der Waals surface area contributed by atoms with Crippen LogP contribution >= 0.6 is 18.7 Å². The third-order valence-corrected chi connectivity index (χ3v) is 10.4. The predicted molar refractivity (Wildman–Crippen MR) is 184 cm³/mol. The highest BCUT2D eigenvalue weighted by Gasteiger charge is 2.28. The summed E-state index contributed by atoms with van der Waals surface area (Å²) in [5.41, 5.74) is 4.59. The smallest absolute Gasteiger partial charge is 0.229 e. The minimum Gasteiger partial charge on any atom is -0.494 e. The number of halogens is 1. The van der Waals surface area contributed by atoms with Gasteiger partial charge in [0, 0.05) is 86.7 Å². The van der Waals surface area contributed by atoms with Crippen LogP contribution in [-0.2, 0) is 11.6 Å². The van der Waals surface area contributed by atoms with E-state index in [0.29, 0.717) is 34.3 Å². The van der Waals surface area contributed by atoms with Crippen LogP contribution in [0, 0.1) is 0 Å². The number of piperidine rings is 1. The van der Waals surface area contributed by atoms with E-state index in [2.05, 4.69) is 52.9 Å². The topological polar surface area (TPSA) is 112 Å². The maximum absolute atomic E-state index is 12.9. The van der Waals surface area contributed by atoms with Crippen LogP contribution in [0.3, 0.4) is 0 Å². The first-order valence-electron chi connectivity index (χ1n) is 15.3. The van der Waals surface area contributed by atoms with Gasteiger partial charge in [-0.05, 0) is 44.4 Å². The van der Waals surface area contributed by atoms with E-state index in [0.717, 1.165) is 79.9 Å². The van der Waals surface area contributed by atoms with E-state index in [9.17, 15) is 4.57 Å². The van der Waals surface area contributed by atoms with E-state index in [-0.39, 0.29) is 0 Å². The average molecular weight is 650 g/mol. The molecule has 4 aromatic rings. The summed E-state index contributed by atoms with van der Waals surface area (Å²) in [6.07, 6.45) is 7.71. The number of anilines is 5. The highest BCUT2D eigenvalue weighted by atomic mass is 35.5. The number of nitrogens with zero attached hydrogens (tertiary/aromatic N) is 6. The number of aromatic nitrogens is 4. The fourth-order valence-corrected chi connectivity index (χ4v) is 7.51. The standard InChI is InChI=1S/C32H41ClN9O2P/c1-40-21-22(19-36-40)24-17-27(29(44-2)18-28(24)42-13-9-23(10-14-42)41-15-11-34-12-16-41)38-32-35-20-25(33)31(39-32)37-26-7-5-6-8-30(26)45(3,4)43/h5-8,17-21,23,34H,9-16H2,1-4H3,(H2,35,37,38,39). The summed E-state index contributed by atoms with van der Waals surface area (Å²) in [4.78, 5) is 14.2. The molecule has 13 heteroatoms. The largest absolute Gasteiger partial charge is 0.494 e. The summed E-state index contributed by atoms with van der Waals surface area (Å²) in [7, 11) is 1.05. The Kier molecular flexibility index (Phi) is 9.33. The van der Waals surface area contributed by atoms with E-state index < -0.39 is 7.14 Å². The van der Waals surface area contributed by atoms with Gasteiger partial charge in [-0.2, -0.15) is 10.1 Å². The van der Waals surface area contributed by atoms with Crippen molar-refractivity contribution in [3.63, 3.8) is 0 Å². The minimum absolute atomic E-state index is 0.343. The molecule has 0 saturated carbocycles. The lowest BCUT2D eigenvalue weighted by Crippen LogP contribution is -2.52. The zero-order chi connectivity index (χ0) is 31.6. The van der Waals surface area contributed by atoms with Gasteiger partial charge < -0.3 is 30.2 Å². The zero-order valence-electron chi connectivity index (χ0n) is 26.3. The van der Waals surface area contributed by atoms with Crippen LogP contribution in [0.4, 0.5) is 28.8 Å². The Bertz CT molecular complexity index is 1690. The molecular formula is C32H41ClN9O2P. The number of nitrogens with one attached hydrogen (secondary N) is 3. The Labute approximate surface area is 269 Å². The number of para-hydroxylation sites is 1. The first-order chi connectivity index (χ1) is 21.7. The lowest BCUT2D eigenvalue weighted by atomic mass is 9.98. The summed E-state index contributed by atoms with van der Waals surface area (Å²) in [5, 5.41) is 15.6. The normalized spacial score (nSPS) is 16.5. The van der Waals surface area contributed by atoms with Gasteiger partial charge in [0.1, 0.15) is 17.9 Å². The number of hydrogen-bond acceptors (Lipinski definition) is 10. The second kappa shape index (κ2) is 13.4. The third kappa shape index (κ3) is 7.12. The maximum Gasteiger partial charge on any atom is 0.229 e. The Balaban J connectivity index is 1.29. The molecule has 0 radical (unpaired) electrons. The van der Waals surface area contributed by atoms with Crippen molar-refractivity contribution in [2.45, 2.75) is 18.9 Å². The van der Waals surface area contributed by atoms with Gasteiger partial charge in [-0.3, -0.25) is 9.58 Å². The highest BCUT2D eigenvalue weighted by Crippen LogP contribution is 2.42. The quantitative estimate of drug-likeness (QED) is 0.211. The predicted octanol–water partition coefficient (Wildman–Crippen LogP) is 5.15. The Morgan fingerprint density at radius 2 is 1.78 bits per heavy atom. The molecule has 0 spiro atoms. The van der Waals surface area contributed by atoms with Crippen molar-refractivity contribution in [1.29, 1.82) is 0 Å². The molecule has 11 nitrogen and oxygen atoms in total. The van der Waals surface area contributed by atoms with Crippen LogP contribution in [0.5, 0.6) is 5.75 Å². The van der Waals surface area contributed by atoms with Gasteiger partial charge in [0.05, 0.1) is 30.9 Å². The Morgan fingerprint density at radius 3 is 2.47 bits per heavy atom. The monoisotopic (exact) mass is 649 g/mol. The summed E-state index contributed by atoms with van der Waals surface area (Å²) < 4.78 is 20.7. The molecule has 2 aromatic carbocycles. The molecule has 6 rings (SSSR count). The lowest BCUT2D eigenvalue weighted by Gasteiger charge is -2.41. The van der Waals surface area contributed by atoms with Gasteiger partial charge in [-0.25, -0.2) is 4.98 Å². The van der Waals surface area contributed by atoms with Crippen LogP contribution in [-0.4, -0.2) is 90.4 Å². The van der Waals surface area contributed by atoms with Crippen LogP contribution in [0.1, 0.15) is 12.8 Å². The molecule has 3 N–H and O–H groups in total. The van der Waals surface area contributed by atoms with Gasteiger partial charge in [-0.15, -0.1) is 0 Å². The van der Waals surface area contributed by atoms with Gasteiger partial charge in [0.15, 0.2) is 5.82 Å². The second-order valence-electron chi connectivity index (χ2n) is 12.0. The molecule has 0 unspecified atom stereocenters. The molecule has 0 aliphatic carbocycles. The summed E-state index contributed by atoms with van der Waals surface area (Å²) in [5.74, 6) is 1.43. The highest BCUT2D eigenvalue weighted by molar-refractivity contribution is 7.70. The van der Waals surface area contributed by atoms with E-state index >= 15 is 0 Å². The second-order valence-corrected chi connectivity index (χ2v) is 15.6. The number of methoxy groups -OCH3 is 1. The van der Waals surface area contributed by atoms with Crippen molar-refractivity contribution in [3.8, 4) is 16.9 Å². The zero-order valence-corrected chi connectivity index (χ0v) is 27.9. The molecule has 45 heavy (non-hydrogen) atoms. The van der Waals surface area contributed by atoms with Crippen molar-refractivity contribution in [2.24, 2.45) is 7.05 Å². The molecule has 2 saturated heterocycles. The average Bonchev–Trinajstić information content (AvgIpc) is 3.48. The molecule has 0 atom stereocenters. The van der Waals surface area contributed by atoms with Gasteiger partial charge in [-0.1, -0.05) is 23.7 Å². The van der Waals surface area contributed by atoms with Crippen LogP contribution in [0.15, 0.2) is 55.0 Å². The molecule has 2 fully saturated rings. The number of ether oxygens (including phenoxy) is 1. The lowest BCUT2D eigenvalue weighted by molar-refractivity contribution is 0.150. The summed E-state index contributed by atoms with van der Waals surface area (Å²) >= 11 is 6.52. The first kappa shape index (κ1) is 31.4. The van der Waals surface area contributed by atoms with Gasteiger partial charge in [0.2, 0.25) is 5.95 Å². The van der Waals surface area contributed by atoms with Gasteiger partial charge >= 0.3 is 0 Å². The van der Waals surface area contributed by atoms with Crippen molar-refractivity contribution in [1.82, 2.24) is 30.0 Å². The van der Waals surface area contributed by atoms with Crippen molar-refractivity contribution in [3.05, 3.63) is 60.0 Å². The Hall–Kier alpha value is -3.63. The van der Waals surface area contributed by atoms with Crippen LogP contribution in [0.2, 0.25) is 5.02 Å². The first-order valence-corrected chi connectivity index (χ1v) is 18.3. The van der Waals surface area contributed by atoms with Gasteiger partial charge in [0.25, 0.3) is 0 Å². The number of piperazine rings is 1. The summed E-state index contributed by atoms with van der Waals surface area (Å²) in [6.45, 7) is 9.80. The number of aryl methyl sites for hydroxylation is 1. The van der Waals surface area contributed by atoms with E-state index in [4.69, 9.17) is 16.3 Å². The third-order valence-electron chi connectivity index (χ3n) is 8.53. The molecule has 4 heterocycles. The van der Waals surface area contributed by atoms with E-state index in [1.54, 1.807) is 26.6 Å². The van der Waals surface area contributed by atoms with Crippen molar-refractivity contribution in [2.75, 3.05) is 75.2 Å². The van der Waals surface area contributed by atoms with Crippen molar-refractivity contribution < 1.29 is 9.30 Å². The van der Waals surface area contributed by atoms with Crippen molar-refractivity contribution >= 4 is 52.9 Å². The molecule has 238 valence electrons.